The minimum absolute atomic E-state index is 0.602. The fraction of sp³-hybridized carbons (Fsp3) is 0.133. The molecule has 3 rings (SSSR count). The number of halogens is 1. The van der Waals surface area contributed by atoms with Crippen LogP contribution in [0.25, 0.3) is 17.1 Å². The minimum atomic E-state index is 0.602. The number of aromatic nitrogens is 4. The molecule has 0 radical (unpaired) electrons. The topological polar surface area (TPSA) is 69.6 Å². The van der Waals surface area contributed by atoms with E-state index in [4.69, 9.17) is 17.3 Å². The molecule has 106 valence electrons. The molecule has 21 heavy (non-hydrogen) atoms. The molecule has 0 fully saturated rings. The van der Waals surface area contributed by atoms with E-state index in [9.17, 15) is 0 Å². The normalized spacial score (nSPS) is 10.8. The summed E-state index contributed by atoms with van der Waals surface area (Å²) in [6, 6.07) is 11.4. The number of nitrogen functional groups attached to an aromatic ring is 1. The zero-order chi connectivity index (χ0) is 15.0. The van der Waals surface area contributed by atoms with Crippen molar-refractivity contribution in [1.82, 2.24) is 20.2 Å². The second-order valence-electron chi connectivity index (χ2n) is 4.89. The number of aryl methyl sites for hydroxylation is 2. The molecule has 0 aliphatic heterocycles. The molecule has 0 aliphatic carbocycles. The molecular formula is C15H14ClN5. The van der Waals surface area contributed by atoms with Crippen molar-refractivity contribution < 1.29 is 0 Å². The summed E-state index contributed by atoms with van der Waals surface area (Å²) in [6.45, 7) is 3.93. The van der Waals surface area contributed by atoms with E-state index in [1.807, 2.05) is 50.2 Å². The Balaban J connectivity index is 2.20. The first kappa shape index (κ1) is 13.6. The molecule has 1 heterocycles. The summed E-state index contributed by atoms with van der Waals surface area (Å²) in [7, 11) is 0. The van der Waals surface area contributed by atoms with E-state index in [-0.39, 0.29) is 0 Å². The number of hydrogen-bond acceptors (Lipinski definition) is 4. The maximum atomic E-state index is 6.19. The van der Waals surface area contributed by atoms with Gasteiger partial charge in [0.1, 0.15) is 0 Å². The average Bonchev–Trinajstić information content (AvgIpc) is 2.91. The van der Waals surface area contributed by atoms with Crippen LogP contribution in [0.1, 0.15) is 11.1 Å². The molecule has 0 saturated heterocycles. The molecule has 1 aromatic heterocycles. The summed E-state index contributed by atoms with van der Waals surface area (Å²) in [6.07, 6.45) is 0. The zero-order valence-electron chi connectivity index (χ0n) is 11.7. The Hall–Kier alpha value is -2.40. The van der Waals surface area contributed by atoms with Gasteiger partial charge < -0.3 is 5.73 Å². The first-order chi connectivity index (χ1) is 10.1. The van der Waals surface area contributed by atoms with Gasteiger partial charge in [-0.25, -0.2) is 0 Å². The lowest BCUT2D eigenvalue weighted by Crippen LogP contribution is -2.03. The number of nitrogens with zero attached hydrogens (tertiary/aromatic N) is 4. The van der Waals surface area contributed by atoms with Gasteiger partial charge in [-0.15, -0.1) is 5.10 Å². The van der Waals surface area contributed by atoms with Crippen molar-refractivity contribution in [2.24, 2.45) is 0 Å². The van der Waals surface area contributed by atoms with Crippen LogP contribution in [0.5, 0.6) is 0 Å². The van der Waals surface area contributed by atoms with Crippen molar-refractivity contribution >= 4 is 17.3 Å². The minimum Gasteiger partial charge on any atom is -0.398 e. The number of rotatable bonds is 2. The van der Waals surface area contributed by atoms with E-state index in [1.165, 1.54) is 0 Å². The van der Waals surface area contributed by atoms with Crippen LogP contribution >= 0.6 is 11.6 Å². The average molecular weight is 300 g/mol. The Morgan fingerprint density at radius 1 is 1.10 bits per heavy atom. The van der Waals surface area contributed by atoms with Gasteiger partial charge in [-0.2, -0.15) is 4.68 Å². The summed E-state index contributed by atoms with van der Waals surface area (Å²) in [5.41, 5.74) is 10.4. The highest BCUT2D eigenvalue weighted by Gasteiger charge is 2.16. The maximum absolute atomic E-state index is 6.19. The van der Waals surface area contributed by atoms with Gasteiger partial charge in [0.15, 0.2) is 5.82 Å². The summed E-state index contributed by atoms with van der Waals surface area (Å²) in [5, 5.41) is 12.6. The summed E-state index contributed by atoms with van der Waals surface area (Å²) < 4.78 is 1.64. The van der Waals surface area contributed by atoms with Crippen LogP contribution in [0.4, 0.5) is 5.69 Å². The van der Waals surface area contributed by atoms with E-state index in [1.54, 1.807) is 4.68 Å². The second-order valence-corrected chi connectivity index (χ2v) is 5.29. The van der Waals surface area contributed by atoms with Gasteiger partial charge in [0.25, 0.3) is 0 Å². The van der Waals surface area contributed by atoms with Crippen LogP contribution in [0, 0.1) is 13.8 Å². The van der Waals surface area contributed by atoms with Crippen molar-refractivity contribution in [3.8, 4) is 17.1 Å². The highest BCUT2D eigenvalue weighted by atomic mass is 35.5. The van der Waals surface area contributed by atoms with Gasteiger partial charge in [0.2, 0.25) is 0 Å². The molecule has 3 aromatic rings. The van der Waals surface area contributed by atoms with Crippen LogP contribution in [0.15, 0.2) is 36.4 Å². The molecular weight excluding hydrogens is 286 g/mol. The van der Waals surface area contributed by atoms with Crippen LogP contribution < -0.4 is 5.73 Å². The van der Waals surface area contributed by atoms with Gasteiger partial charge in [-0.1, -0.05) is 29.8 Å². The Labute approximate surface area is 127 Å². The monoisotopic (exact) mass is 299 g/mol. The number of benzene rings is 2. The molecule has 0 unspecified atom stereocenters. The van der Waals surface area contributed by atoms with Crippen molar-refractivity contribution in [2.45, 2.75) is 13.8 Å². The van der Waals surface area contributed by atoms with Crippen LogP contribution in [0.3, 0.4) is 0 Å². The number of hydrogen-bond donors (Lipinski definition) is 1. The highest BCUT2D eigenvalue weighted by molar-refractivity contribution is 6.31. The summed E-state index contributed by atoms with van der Waals surface area (Å²) >= 11 is 6.19. The number of tetrazole rings is 1. The molecule has 2 N–H and O–H groups in total. The zero-order valence-corrected chi connectivity index (χ0v) is 12.5. The van der Waals surface area contributed by atoms with Crippen molar-refractivity contribution in [1.29, 1.82) is 0 Å². The molecule has 0 bridgehead atoms. The third-order valence-corrected chi connectivity index (χ3v) is 3.81. The lowest BCUT2D eigenvalue weighted by atomic mass is 10.1. The van der Waals surface area contributed by atoms with Crippen LogP contribution in [-0.4, -0.2) is 20.2 Å². The first-order valence-electron chi connectivity index (χ1n) is 6.48. The van der Waals surface area contributed by atoms with Gasteiger partial charge in [-0.05, 0) is 53.6 Å². The lowest BCUT2D eigenvalue weighted by Gasteiger charge is -2.10. The van der Waals surface area contributed by atoms with Gasteiger partial charge in [0, 0.05) is 16.3 Å². The number of anilines is 1. The second kappa shape index (κ2) is 5.18. The molecule has 0 saturated carbocycles. The lowest BCUT2D eigenvalue weighted by molar-refractivity contribution is 0.791. The van der Waals surface area contributed by atoms with E-state index < -0.39 is 0 Å². The number of nitrogens with two attached hydrogens (primary N) is 1. The van der Waals surface area contributed by atoms with E-state index in [0.717, 1.165) is 22.4 Å². The Morgan fingerprint density at radius 2 is 1.90 bits per heavy atom. The molecule has 0 spiro atoms. The van der Waals surface area contributed by atoms with E-state index in [2.05, 4.69) is 15.5 Å². The Kier molecular flexibility index (Phi) is 3.35. The third kappa shape index (κ3) is 2.36. The molecule has 0 amide bonds. The van der Waals surface area contributed by atoms with Gasteiger partial charge in [0.05, 0.1) is 5.69 Å². The van der Waals surface area contributed by atoms with Crippen molar-refractivity contribution in [3.05, 3.63) is 52.5 Å². The fourth-order valence-electron chi connectivity index (χ4n) is 2.23. The van der Waals surface area contributed by atoms with Crippen LogP contribution in [-0.2, 0) is 0 Å². The Bertz CT molecular complexity index is 789. The third-order valence-electron chi connectivity index (χ3n) is 3.40. The van der Waals surface area contributed by atoms with E-state index >= 15 is 0 Å². The van der Waals surface area contributed by atoms with Crippen LogP contribution in [0.2, 0.25) is 5.02 Å². The fourth-order valence-corrected chi connectivity index (χ4v) is 2.40. The quantitative estimate of drug-likeness (QED) is 0.738. The summed E-state index contributed by atoms with van der Waals surface area (Å²) in [4.78, 5) is 0. The van der Waals surface area contributed by atoms with Crippen molar-refractivity contribution in [3.63, 3.8) is 0 Å². The van der Waals surface area contributed by atoms with Gasteiger partial charge in [-0.3, -0.25) is 0 Å². The largest absolute Gasteiger partial charge is 0.398 e. The molecule has 5 nitrogen and oxygen atoms in total. The first-order valence-corrected chi connectivity index (χ1v) is 6.86. The van der Waals surface area contributed by atoms with E-state index in [0.29, 0.717) is 16.5 Å². The predicted octanol–water partition coefficient (Wildman–Crippen LogP) is 3.18. The smallest absolute Gasteiger partial charge is 0.189 e. The summed E-state index contributed by atoms with van der Waals surface area (Å²) in [5.74, 6) is 0.602. The van der Waals surface area contributed by atoms with Crippen molar-refractivity contribution in [2.75, 3.05) is 5.73 Å². The molecule has 0 aliphatic rings. The standard InChI is InChI=1S/C15H14ClN5/c1-9-6-7-11(8-12(9)16)21-15(18-19-20-21)14-10(2)4-3-5-13(14)17/h3-8H,17H2,1-2H3. The predicted molar refractivity (Wildman–Crippen MR) is 83.5 cm³/mol. The SMILES string of the molecule is Cc1ccc(-n2nnnc2-c2c(C)cccc2N)cc1Cl. The highest BCUT2D eigenvalue weighted by Crippen LogP contribution is 2.29. The Morgan fingerprint density at radius 3 is 2.62 bits per heavy atom. The maximum Gasteiger partial charge on any atom is 0.189 e. The molecule has 0 atom stereocenters. The molecule has 6 heteroatoms. The molecule has 2 aromatic carbocycles. The van der Waals surface area contributed by atoms with Gasteiger partial charge >= 0.3 is 0 Å².